The number of aromatic amines is 1. The van der Waals surface area contributed by atoms with Gasteiger partial charge in [0.15, 0.2) is 5.16 Å². The van der Waals surface area contributed by atoms with E-state index >= 15 is 0 Å². The summed E-state index contributed by atoms with van der Waals surface area (Å²) in [6.07, 6.45) is 5.24. The fourth-order valence-corrected chi connectivity index (χ4v) is 2.58. The summed E-state index contributed by atoms with van der Waals surface area (Å²) in [6.45, 7) is 1.59. The molecule has 2 aromatic heterocycles. The zero-order valence-corrected chi connectivity index (χ0v) is 12.6. The first-order chi connectivity index (χ1) is 10.8. The summed E-state index contributed by atoms with van der Waals surface area (Å²) in [4.78, 5) is 4.04. The summed E-state index contributed by atoms with van der Waals surface area (Å²) in [5, 5.41) is 15.0. The number of hydrogen-bond acceptors (Lipinski definition) is 5. The summed E-state index contributed by atoms with van der Waals surface area (Å²) in [7, 11) is 0. The van der Waals surface area contributed by atoms with E-state index in [4.69, 9.17) is 0 Å². The smallest absolute Gasteiger partial charge is 0.183 e. The minimum Gasteiger partial charge on any atom is -0.312 e. The third-order valence-electron chi connectivity index (χ3n) is 2.97. The molecule has 0 atom stereocenters. The molecule has 22 heavy (non-hydrogen) atoms. The van der Waals surface area contributed by atoms with Crippen LogP contribution in [-0.2, 0) is 6.54 Å². The standard InChI is InChI=1S/C14H15FN6S/c15-12-1-3-13(4-2-12)21-9-11(8-19-21)7-16-5-6-22-14-17-10-18-20-14/h1-4,8-10,16H,5-7H2,(H,17,18,20). The average Bonchev–Trinajstić information content (AvgIpc) is 3.19. The summed E-state index contributed by atoms with van der Waals surface area (Å²) in [5.41, 5.74) is 1.92. The molecule has 1 aromatic carbocycles. The van der Waals surface area contributed by atoms with E-state index in [1.165, 1.54) is 18.5 Å². The van der Waals surface area contributed by atoms with Crippen LogP contribution in [0.15, 0.2) is 48.1 Å². The van der Waals surface area contributed by atoms with Crippen LogP contribution < -0.4 is 5.32 Å². The average molecular weight is 318 g/mol. The van der Waals surface area contributed by atoms with Crippen molar-refractivity contribution in [1.82, 2.24) is 30.3 Å². The molecule has 0 saturated carbocycles. The fourth-order valence-electron chi connectivity index (χ4n) is 1.90. The first-order valence-electron chi connectivity index (χ1n) is 6.79. The molecular formula is C14H15FN6S. The highest BCUT2D eigenvalue weighted by Gasteiger charge is 2.02. The second-order valence-corrected chi connectivity index (χ2v) is 5.67. The van der Waals surface area contributed by atoms with E-state index in [0.29, 0.717) is 0 Å². The molecular weight excluding hydrogens is 303 g/mol. The Kier molecular flexibility index (Phi) is 4.81. The van der Waals surface area contributed by atoms with E-state index in [1.54, 1.807) is 34.8 Å². The van der Waals surface area contributed by atoms with Gasteiger partial charge in [0.2, 0.25) is 0 Å². The van der Waals surface area contributed by atoms with Gasteiger partial charge in [-0.3, -0.25) is 5.10 Å². The summed E-state index contributed by atoms with van der Waals surface area (Å²) < 4.78 is 14.6. The highest BCUT2D eigenvalue weighted by molar-refractivity contribution is 7.99. The minimum atomic E-state index is -0.248. The van der Waals surface area contributed by atoms with Gasteiger partial charge >= 0.3 is 0 Å². The lowest BCUT2D eigenvalue weighted by Crippen LogP contribution is -2.16. The second kappa shape index (κ2) is 7.19. The molecule has 6 nitrogen and oxygen atoms in total. The highest BCUT2D eigenvalue weighted by Crippen LogP contribution is 2.10. The van der Waals surface area contributed by atoms with Crippen molar-refractivity contribution >= 4 is 11.8 Å². The molecule has 114 valence electrons. The largest absolute Gasteiger partial charge is 0.312 e. The maximum atomic E-state index is 12.9. The molecule has 0 aliphatic heterocycles. The summed E-state index contributed by atoms with van der Waals surface area (Å²) in [6, 6.07) is 6.26. The second-order valence-electron chi connectivity index (χ2n) is 4.59. The van der Waals surface area contributed by atoms with Crippen molar-refractivity contribution in [2.45, 2.75) is 11.7 Å². The number of aromatic nitrogens is 5. The normalized spacial score (nSPS) is 11.0. The zero-order valence-electron chi connectivity index (χ0n) is 11.7. The Balaban J connectivity index is 1.44. The van der Waals surface area contributed by atoms with Gasteiger partial charge in [0.25, 0.3) is 0 Å². The van der Waals surface area contributed by atoms with Crippen LogP contribution in [0, 0.1) is 5.82 Å². The van der Waals surface area contributed by atoms with Crippen molar-refractivity contribution in [3.8, 4) is 5.69 Å². The predicted octanol–water partition coefficient (Wildman–Crippen LogP) is 2.01. The summed E-state index contributed by atoms with van der Waals surface area (Å²) >= 11 is 1.62. The Labute approximate surface area is 131 Å². The molecule has 0 bridgehead atoms. The maximum Gasteiger partial charge on any atom is 0.183 e. The van der Waals surface area contributed by atoms with Crippen molar-refractivity contribution in [3.63, 3.8) is 0 Å². The van der Waals surface area contributed by atoms with Crippen LogP contribution in [0.4, 0.5) is 4.39 Å². The van der Waals surface area contributed by atoms with E-state index in [-0.39, 0.29) is 5.82 Å². The topological polar surface area (TPSA) is 71.4 Å². The highest BCUT2D eigenvalue weighted by atomic mass is 32.2. The number of nitrogens with one attached hydrogen (secondary N) is 2. The van der Waals surface area contributed by atoms with Crippen LogP contribution in [0.3, 0.4) is 0 Å². The number of benzene rings is 1. The molecule has 0 spiro atoms. The molecule has 8 heteroatoms. The van der Waals surface area contributed by atoms with Crippen molar-refractivity contribution in [2.75, 3.05) is 12.3 Å². The Morgan fingerprint density at radius 1 is 1.27 bits per heavy atom. The monoisotopic (exact) mass is 318 g/mol. The lowest BCUT2D eigenvalue weighted by molar-refractivity contribution is 0.627. The molecule has 0 aliphatic rings. The zero-order chi connectivity index (χ0) is 15.2. The van der Waals surface area contributed by atoms with E-state index < -0.39 is 0 Å². The van der Waals surface area contributed by atoms with E-state index in [1.807, 2.05) is 6.20 Å². The maximum absolute atomic E-state index is 12.9. The fraction of sp³-hybridized carbons (Fsp3) is 0.214. The van der Waals surface area contributed by atoms with Gasteiger partial charge in [-0.15, -0.1) is 0 Å². The van der Waals surface area contributed by atoms with Crippen molar-refractivity contribution in [3.05, 3.63) is 54.4 Å². The first-order valence-corrected chi connectivity index (χ1v) is 7.78. The van der Waals surface area contributed by atoms with Gasteiger partial charge < -0.3 is 5.32 Å². The lowest BCUT2D eigenvalue weighted by atomic mass is 10.3. The molecule has 0 amide bonds. The third kappa shape index (κ3) is 3.92. The van der Waals surface area contributed by atoms with Crippen LogP contribution >= 0.6 is 11.8 Å². The number of rotatable bonds is 7. The van der Waals surface area contributed by atoms with Crippen molar-refractivity contribution in [2.24, 2.45) is 0 Å². The first kappa shape index (κ1) is 14.7. The van der Waals surface area contributed by atoms with Crippen LogP contribution in [0.5, 0.6) is 0 Å². The quantitative estimate of drug-likeness (QED) is 0.515. The minimum absolute atomic E-state index is 0.248. The van der Waals surface area contributed by atoms with Gasteiger partial charge in [-0.2, -0.15) is 10.2 Å². The van der Waals surface area contributed by atoms with Gasteiger partial charge in [0.05, 0.1) is 11.9 Å². The van der Waals surface area contributed by atoms with Gasteiger partial charge in [0, 0.05) is 30.6 Å². The summed E-state index contributed by atoms with van der Waals surface area (Å²) in [5.74, 6) is 0.656. The molecule has 2 heterocycles. The van der Waals surface area contributed by atoms with Crippen molar-refractivity contribution in [1.29, 1.82) is 0 Å². The van der Waals surface area contributed by atoms with Gasteiger partial charge in [-0.1, -0.05) is 11.8 Å². The molecule has 0 saturated heterocycles. The van der Waals surface area contributed by atoms with E-state index in [0.717, 1.165) is 35.2 Å². The Morgan fingerprint density at radius 2 is 2.14 bits per heavy atom. The van der Waals surface area contributed by atoms with Gasteiger partial charge in [-0.05, 0) is 24.3 Å². The van der Waals surface area contributed by atoms with Crippen LogP contribution in [0.25, 0.3) is 5.69 Å². The molecule has 0 unspecified atom stereocenters. The molecule has 0 fully saturated rings. The number of hydrogen-bond donors (Lipinski definition) is 2. The predicted molar refractivity (Wildman–Crippen MR) is 82.3 cm³/mol. The number of nitrogens with zero attached hydrogens (tertiary/aromatic N) is 4. The van der Waals surface area contributed by atoms with Crippen LogP contribution in [0.1, 0.15) is 5.56 Å². The van der Waals surface area contributed by atoms with Crippen LogP contribution in [-0.4, -0.2) is 37.3 Å². The molecule has 2 N–H and O–H groups in total. The number of H-pyrrole nitrogens is 1. The Hall–Kier alpha value is -2.19. The number of halogens is 1. The lowest BCUT2D eigenvalue weighted by Gasteiger charge is -2.02. The van der Waals surface area contributed by atoms with Gasteiger partial charge in [-0.25, -0.2) is 14.1 Å². The Bertz CT molecular complexity index is 694. The number of thioether (sulfide) groups is 1. The molecule has 3 aromatic rings. The van der Waals surface area contributed by atoms with Crippen molar-refractivity contribution < 1.29 is 4.39 Å². The molecule has 0 aliphatic carbocycles. The third-order valence-corrected chi connectivity index (χ3v) is 3.85. The van der Waals surface area contributed by atoms with Crippen LogP contribution in [0.2, 0.25) is 0 Å². The Morgan fingerprint density at radius 3 is 2.91 bits per heavy atom. The van der Waals surface area contributed by atoms with Gasteiger partial charge in [0.1, 0.15) is 12.1 Å². The van der Waals surface area contributed by atoms with E-state index in [9.17, 15) is 4.39 Å². The molecule has 0 radical (unpaired) electrons. The molecule has 3 rings (SSSR count). The SMILES string of the molecule is Fc1ccc(-n2cc(CNCCSc3ncn[nH]3)cn2)cc1. The van der Waals surface area contributed by atoms with E-state index in [2.05, 4.69) is 25.6 Å².